The van der Waals surface area contributed by atoms with Gasteiger partial charge in [-0.15, -0.1) is 0 Å². The minimum Gasteiger partial charge on any atom is -0.240 e. The number of rotatable bonds is 12. The molecule has 26 heavy (non-hydrogen) atoms. The summed E-state index contributed by atoms with van der Waals surface area (Å²) in [6.45, 7) is 5.29. The second-order valence-corrected chi connectivity index (χ2v) is 7.26. The van der Waals surface area contributed by atoms with Crippen LogP contribution < -0.4 is 4.57 Å². The molecule has 0 bridgehead atoms. The highest BCUT2D eigenvalue weighted by atomic mass is 16.2. The van der Waals surface area contributed by atoms with Crippen LogP contribution in [0.1, 0.15) is 87.3 Å². The fourth-order valence-electron chi connectivity index (χ4n) is 3.44. The molecule has 0 aliphatic rings. The summed E-state index contributed by atoms with van der Waals surface area (Å²) in [6, 6.07) is 9.49. The van der Waals surface area contributed by atoms with Gasteiger partial charge in [-0.2, -0.15) is 4.57 Å². The van der Waals surface area contributed by atoms with Crippen molar-refractivity contribution in [1.82, 2.24) is 4.57 Å². The maximum Gasteiger partial charge on any atom is 0.345 e. The van der Waals surface area contributed by atoms with Crippen molar-refractivity contribution in [3.8, 4) is 0 Å². The molecule has 0 radical (unpaired) electrons. The first kappa shape index (κ1) is 20.4. The lowest BCUT2D eigenvalue weighted by Crippen LogP contribution is -2.36. The Morgan fingerprint density at radius 1 is 0.885 bits per heavy atom. The van der Waals surface area contributed by atoms with Gasteiger partial charge in [0, 0.05) is 6.92 Å². The summed E-state index contributed by atoms with van der Waals surface area (Å²) in [5.74, 6) is 1.06. The quantitative estimate of drug-likeness (QED) is 0.354. The average molecular weight is 356 g/mol. The molecule has 0 aliphatic heterocycles. The Balaban J connectivity index is 1.66. The zero-order valence-corrected chi connectivity index (χ0v) is 16.6. The first-order valence-corrected chi connectivity index (χ1v) is 10.4. The van der Waals surface area contributed by atoms with Crippen molar-refractivity contribution in [1.29, 1.82) is 0 Å². The molecule has 2 rings (SSSR count). The second-order valence-electron chi connectivity index (χ2n) is 7.26. The van der Waals surface area contributed by atoms with E-state index in [0.717, 1.165) is 17.9 Å². The molecule has 0 N–H and O–H groups in total. The standard InChI is InChI=1S/C23H35N2O/c1-3-4-5-6-7-8-9-10-11-15-18-24-19-20-25(21(24)2)23(26)22-16-13-12-14-17-22/h12-14,16-17,19-20H,3-11,15,18H2,1-2H3/q+1. The highest BCUT2D eigenvalue weighted by Crippen LogP contribution is 2.11. The molecule has 0 fully saturated rings. The number of unbranched alkanes of at least 4 members (excludes halogenated alkanes) is 9. The van der Waals surface area contributed by atoms with Crippen molar-refractivity contribution >= 4 is 5.91 Å². The minimum atomic E-state index is 0.0462. The Labute approximate surface area is 159 Å². The molecule has 1 aromatic heterocycles. The van der Waals surface area contributed by atoms with Gasteiger partial charge in [-0.05, 0) is 25.0 Å². The first-order valence-electron chi connectivity index (χ1n) is 10.4. The molecule has 0 unspecified atom stereocenters. The molecule has 1 aromatic carbocycles. The summed E-state index contributed by atoms with van der Waals surface area (Å²) in [4.78, 5) is 12.6. The third-order valence-electron chi connectivity index (χ3n) is 5.15. The third-order valence-corrected chi connectivity index (χ3v) is 5.15. The predicted molar refractivity (Wildman–Crippen MR) is 107 cm³/mol. The molecule has 3 heteroatoms. The van der Waals surface area contributed by atoms with E-state index in [9.17, 15) is 4.79 Å². The minimum absolute atomic E-state index is 0.0462. The smallest absolute Gasteiger partial charge is 0.240 e. The molecule has 0 amide bonds. The van der Waals surface area contributed by atoms with Crippen LogP contribution >= 0.6 is 0 Å². The van der Waals surface area contributed by atoms with Gasteiger partial charge in [0.25, 0.3) is 5.82 Å². The number of carbonyl (C=O) groups is 1. The number of aryl methyl sites for hydroxylation is 1. The average Bonchev–Trinajstić information content (AvgIpc) is 3.04. The van der Waals surface area contributed by atoms with Crippen molar-refractivity contribution in [2.45, 2.75) is 84.6 Å². The van der Waals surface area contributed by atoms with E-state index in [2.05, 4.69) is 11.5 Å². The summed E-state index contributed by atoms with van der Waals surface area (Å²) in [6.07, 6.45) is 17.4. The van der Waals surface area contributed by atoms with E-state index in [0.29, 0.717) is 0 Å². The lowest BCUT2D eigenvalue weighted by atomic mass is 10.1. The lowest BCUT2D eigenvalue weighted by molar-refractivity contribution is -0.702. The molecule has 3 nitrogen and oxygen atoms in total. The molecule has 2 aromatic rings. The van der Waals surface area contributed by atoms with Gasteiger partial charge in [-0.25, -0.2) is 9.36 Å². The molecule has 0 saturated heterocycles. The molecule has 0 spiro atoms. The Morgan fingerprint density at radius 3 is 2.08 bits per heavy atom. The van der Waals surface area contributed by atoms with Crippen LogP contribution in [0.4, 0.5) is 0 Å². The lowest BCUT2D eigenvalue weighted by Gasteiger charge is -2.03. The molecule has 0 atom stereocenters. The van der Waals surface area contributed by atoms with Gasteiger partial charge < -0.3 is 0 Å². The molecule has 1 heterocycles. The summed E-state index contributed by atoms with van der Waals surface area (Å²) in [5, 5.41) is 0. The van der Waals surface area contributed by atoms with E-state index in [1.807, 2.05) is 49.6 Å². The van der Waals surface area contributed by atoms with Crippen LogP contribution in [0, 0.1) is 6.92 Å². The fraction of sp³-hybridized carbons (Fsp3) is 0.565. The van der Waals surface area contributed by atoms with Gasteiger partial charge in [0.15, 0.2) is 0 Å². The van der Waals surface area contributed by atoms with E-state index >= 15 is 0 Å². The van der Waals surface area contributed by atoms with Crippen molar-refractivity contribution < 1.29 is 9.36 Å². The zero-order valence-electron chi connectivity index (χ0n) is 16.6. The molecular formula is C23H35N2O+. The maximum absolute atomic E-state index is 12.6. The van der Waals surface area contributed by atoms with Crippen molar-refractivity contribution in [3.63, 3.8) is 0 Å². The molecule has 142 valence electrons. The van der Waals surface area contributed by atoms with E-state index in [-0.39, 0.29) is 5.91 Å². The van der Waals surface area contributed by atoms with E-state index < -0.39 is 0 Å². The highest BCUT2D eigenvalue weighted by Gasteiger charge is 2.20. The fourth-order valence-corrected chi connectivity index (χ4v) is 3.44. The number of benzene rings is 1. The number of aromatic nitrogens is 2. The van der Waals surface area contributed by atoms with Crippen LogP contribution in [0.25, 0.3) is 0 Å². The normalized spacial score (nSPS) is 11.0. The van der Waals surface area contributed by atoms with Crippen LogP contribution in [0.3, 0.4) is 0 Å². The van der Waals surface area contributed by atoms with Gasteiger partial charge >= 0.3 is 5.91 Å². The number of hydrogen-bond donors (Lipinski definition) is 0. The molecule has 0 aliphatic carbocycles. The molecular weight excluding hydrogens is 320 g/mol. The number of hydrogen-bond acceptors (Lipinski definition) is 1. The van der Waals surface area contributed by atoms with Crippen molar-refractivity contribution in [3.05, 3.63) is 54.1 Å². The van der Waals surface area contributed by atoms with E-state index in [4.69, 9.17) is 0 Å². The SMILES string of the molecule is CCCCCCCCCCCC[n+]1ccn(C(=O)c2ccccc2)c1C. The van der Waals surface area contributed by atoms with Crippen molar-refractivity contribution in [2.75, 3.05) is 0 Å². The zero-order chi connectivity index (χ0) is 18.6. The summed E-state index contributed by atoms with van der Waals surface area (Å²) in [7, 11) is 0. The van der Waals surface area contributed by atoms with Gasteiger partial charge in [-0.3, -0.25) is 0 Å². The van der Waals surface area contributed by atoms with Gasteiger partial charge in [0.05, 0.1) is 12.1 Å². The number of imidazole rings is 1. The summed E-state index contributed by atoms with van der Waals surface area (Å²) >= 11 is 0. The monoisotopic (exact) mass is 355 g/mol. The van der Waals surface area contributed by atoms with Crippen LogP contribution in [0.5, 0.6) is 0 Å². The van der Waals surface area contributed by atoms with Crippen LogP contribution in [0.15, 0.2) is 42.7 Å². The number of nitrogens with zero attached hydrogens (tertiary/aromatic N) is 2. The number of carbonyl (C=O) groups excluding carboxylic acids is 1. The topological polar surface area (TPSA) is 25.9 Å². The Bertz CT molecular complexity index is 645. The maximum atomic E-state index is 12.6. The largest absolute Gasteiger partial charge is 0.345 e. The van der Waals surface area contributed by atoms with Crippen LogP contribution in [0.2, 0.25) is 0 Å². The van der Waals surface area contributed by atoms with E-state index in [1.54, 1.807) is 4.57 Å². The molecule has 0 saturated carbocycles. The van der Waals surface area contributed by atoms with Gasteiger partial charge in [0.1, 0.15) is 12.4 Å². The Hall–Kier alpha value is -1.90. The third kappa shape index (κ3) is 6.44. The Morgan fingerprint density at radius 2 is 1.46 bits per heavy atom. The second kappa shape index (κ2) is 11.7. The Kier molecular flexibility index (Phi) is 9.16. The van der Waals surface area contributed by atoms with Crippen LogP contribution in [-0.2, 0) is 6.54 Å². The highest BCUT2D eigenvalue weighted by molar-refractivity contribution is 5.96. The van der Waals surface area contributed by atoms with Gasteiger partial charge in [-0.1, -0.05) is 76.5 Å². The predicted octanol–water partition coefficient (Wildman–Crippen LogP) is 5.69. The van der Waals surface area contributed by atoms with Gasteiger partial charge in [0.2, 0.25) is 0 Å². The van der Waals surface area contributed by atoms with Crippen LogP contribution in [-0.4, -0.2) is 10.5 Å². The summed E-state index contributed by atoms with van der Waals surface area (Å²) < 4.78 is 3.96. The first-order chi connectivity index (χ1) is 12.7. The van der Waals surface area contributed by atoms with E-state index in [1.165, 1.54) is 64.2 Å². The van der Waals surface area contributed by atoms with Crippen molar-refractivity contribution in [2.24, 2.45) is 0 Å². The summed E-state index contributed by atoms with van der Waals surface area (Å²) in [5.41, 5.74) is 0.734.